The molecule has 3 aromatic rings. The van der Waals surface area contributed by atoms with Gasteiger partial charge in [0, 0.05) is 24.5 Å². The summed E-state index contributed by atoms with van der Waals surface area (Å²) in [6.07, 6.45) is 0.418. The third-order valence-corrected chi connectivity index (χ3v) is 6.23. The number of benzene rings is 1. The molecule has 30 heavy (non-hydrogen) atoms. The largest absolute Gasteiger partial charge is 0.464 e. The minimum Gasteiger partial charge on any atom is -0.464 e. The van der Waals surface area contributed by atoms with Crippen LogP contribution in [0.2, 0.25) is 0 Å². The smallest absolute Gasteiger partial charge is 0.331 e. The van der Waals surface area contributed by atoms with Crippen molar-refractivity contribution in [2.24, 2.45) is 0 Å². The number of rotatable bonds is 7. The number of ether oxygens (including phenoxy) is 2. The van der Waals surface area contributed by atoms with Crippen molar-refractivity contribution < 1.29 is 14.3 Å². The van der Waals surface area contributed by atoms with Gasteiger partial charge in [0.15, 0.2) is 0 Å². The van der Waals surface area contributed by atoms with Gasteiger partial charge in [0.25, 0.3) is 5.56 Å². The van der Waals surface area contributed by atoms with Gasteiger partial charge < -0.3 is 9.47 Å². The molecule has 0 radical (unpaired) electrons. The molecule has 0 aliphatic rings. The molecule has 2 heterocycles. The zero-order valence-electron chi connectivity index (χ0n) is 18.4. The summed E-state index contributed by atoms with van der Waals surface area (Å²) < 4.78 is 11.9. The predicted molar refractivity (Wildman–Crippen MR) is 120 cm³/mol. The van der Waals surface area contributed by atoms with Crippen molar-refractivity contribution in [2.45, 2.75) is 46.6 Å². The molecule has 0 saturated heterocycles. The fourth-order valence-electron chi connectivity index (χ4n) is 3.49. The van der Waals surface area contributed by atoms with Crippen LogP contribution in [-0.4, -0.2) is 35.8 Å². The van der Waals surface area contributed by atoms with Crippen LogP contribution in [0.1, 0.15) is 37.7 Å². The summed E-state index contributed by atoms with van der Waals surface area (Å²) in [5, 5.41) is 2.49. The second-order valence-electron chi connectivity index (χ2n) is 7.82. The van der Waals surface area contributed by atoms with Gasteiger partial charge in [0.05, 0.1) is 18.6 Å². The van der Waals surface area contributed by atoms with Crippen molar-refractivity contribution in [1.29, 1.82) is 0 Å². The van der Waals surface area contributed by atoms with Gasteiger partial charge in [-0.05, 0) is 51.3 Å². The molecule has 3 rings (SSSR count). The minimum absolute atomic E-state index is 0.237. The Hall–Kier alpha value is -2.51. The molecule has 2 aromatic heterocycles. The van der Waals surface area contributed by atoms with E-state index < -0.39 is 11.5 Å². The fourth-order valence-corrected chi connectivity index (χ4v) is 4.45. The average molecular weight is 429 g/mol. The van der Waals surface area contributed by atoms with E-state index in [1.165, 1.54) is 21.5 Å². The molecule has 0 bridgehead atoms. The molecule has 0 aliphatic carbocycles. The Morgan fingerprint density at radius 3 is 2.60 bits per heavy atom. The van der Waals surface area contributed by atoms with Crippen LogP contribution in [0.4, 0.5) is 0 Å². The zero-order chi connectivity index (χ0) is 22.1. The Kier molecular flexibility index (Phi) is 6.43. The standard InChI is InChI=1S/C23H28N2O4S/c1-7-29-22(27)23(4,5)25-18(10-11-28-6)24-20-19(21(25)26)17(13-30-20)16-9-8-14(2)15(3)12-16/h8-9,12-13H,7,10-11H2,1-6H3. The van der Waals surface area contributed by atoms with Gasteiger partial charge in [-0.1, -0.05) is 18.2 Å². The molecule has 0 atom stereocenters. The summed E-state index contributed by atoms with van der Waals surface area (Å²) in [7, 11) is 1.60. The lowest BCUT2D eigenvalue weighted by Gasteiger charge is -2.27. The third kappa shape index (κ3) is 3.91. The SMILES string of the molecule is CCOC(=O)C(C)(C)n1c(CCOC)nc2scc(-c3ccc(C)c(C)c3)c2c1=O. The van der Waals surface area contributed by atoms with E-state index in [2.05, 4.69) is 26.0 Å². The Morgan fingerprint density at radius 2 is 1.97 bits per heavy atom. The number of methoxy groups -OCH3 is 1. The average Bonchev–Trinajstić information content (AvgIpc) is 3.12. The highest BCUT2D eigenvalue weighted by Crippen LogP contribution is 2.33. The number of thiophene rings is 1. The van der Waals surface area contributed by atoms with Crippen molar-refractivity contribution in [3.05, 3.63) is 50.9 Å². The van der Waals surface area contributed by atoms with Crippen LogP contribution < -0.4 is 5.56 Å². The molecule has 0 amide bonds. The highest BCUT2D eigenvalue weighted by molar-refractivity contribution is 7.17. The number of carbonyl (C=O) groups is 1. The van der Waals surface area contributed by atoms with Gasteiger partial charge in [-0.25, -0.2) is 9.78 Å². The summed E-state index contributed by atoms with van der Waals surface area (Å²) in [4.78, 5) is 31.9. The molecule has 0 spiro atoms. The van der Waals surface area contributed by atoms with E-state index in [-0.39, 0.29) is 12.2 Å². The summed E-state index contributed by atoms with van der Waals surface area (Å²) in [5.41, 5.74) is 2.72. The molecular formula is C23H28N2O4S. The van der Waals surface area contributed by atoms with Gasteiger partial charge >= 0.3 is 5.97 Å². The second kappa shape index (κ2) is 8.70. The van der Waals surface area contributed by atoms with E-state index in [9.17, 15) is 9.59 Å². The molecule has 6 nitrogen and oxygen atoms in total. The Bertz CT molecular complexity index is 1140. The summed E-state index contributed by atoms with van der Waals surface area (Å²) in [6.45, 7) is 9.88. The van der Waals surface area contributed by atoms with Crippen molar-refractivity contribution in [3.63, 3.8) is 0 Å². The molecular weight excluding hydrogens is 400 g/mol. The van der Waals surface area contributed by atoms with Gasteiger partial charge in [-0.15, -0.1) is 11.3 Å². The van der Waals surface area contributed by atoms with Gasteiger partial charge in [0.2, 0.25) is 0 Å². The molecule has 0 aliphatic heterocycles. The van der Waals surface area contributed by atoms with Crippen molar-refractivity contribution >= 4 is 27.5 Å². The number of aromatic nitrogens is 2. The maximum absolute atomic E-state index is 13.8. The first-order valence-electron chi connectivity index (χ1n) is 9.99. The summed E-state index contributed by atoms with van der Waals surface area (Å²) in [6, 6.07) is 6.15. The number of hydrogen-bond acceptors (Lipinski definition) is 6. The monoisotopic (exact) mass is 428 g/mol. The predicted octanol–water partition coefficient (Wildman–Crippen LogP) is 4.23. The topological polar surface area (TPSA) is 70.4 Å². The molecule has 0 fully saturated rings. The number of hydrogen-bond donors (Lipinski definition) is 0. The Balaban J connectivity index is 2.30. The van der Waals surface area contributed by atoms with Gasteiger partial charge in [-0.3, -0.25) is 9.36 Å². The first-order chi connectivity index (χ1) is 14.2. The van der Waals surface area contributed by atoms with Crippen molar-refractivity contribution in [1.82, 2.24) is 9.55 Å². The van der Waals surface area contributed by atoms with Crippen LogP contribution in [-0.2, 0) is 26.2 Å². The highest BCUT2D eigenvalue weighted by Gasteiger charge is 2.35. The lowest BCUT2D eigenvalue weighted by molar-refractivity contribution is -0.152. The molecule has 1 aromatic carbocycles. The lowest BCUT2D eigenvalue weighted by atomic mass is 10.00. The normalized spacial score (nSPS) is 11.8. The van der Waals surface area contributed by atoms with E-state index in [0.29, 0.717) is 29.1 Å². The van der Waals surface area contributed by atoms with E-state index >= 15 is 0 Å². The van der Waals surface area contributed by atoms with E-state index in [1.54, 1.807) is 27.9 Å². The number of nitrogens with zero attached hydrogens (tertiary/aromatic N) is 2. The minimum atomic E-state index is -1.19. The van der Waals surface area contributed by atoms with Crippen LogP contribution in [0.5, 0.6) is 0 Å². The zero-order valence-corrected chi connectivity index (χ0v) is 19.2. The lowest BCUT2D eigenvalue weighted by Crippen LogP contribution is -2.46. The van der Waals surface area contributed by atoms with Crippen LogP contribution >= 0.6 is 11.3 Å². The number of aryl methyl sites for hydroxylation is 2. The highest BCUT2D eigenvalue weighted by atomic mass is 32.1. The maximum atomic E-state index is 13.8. The van der Waals surface area contributed by atoms with E-state index in [1.807, 2.05) is 11.4 Å². The first-order valence-corrected chi connectivity index (χ1v) is 10.9. The van der Waals surface area contributed by atoms with Crippen LogP contribution in [0, 0.1) is 13.8 Å². The van der Waals surface area contributed by atoms with Crippen molar-refractivity contribution in [2.75, 3.05) is 20.3 Å². The molecule has 0 unspecified atom stereocenters. The summed E-state index contributed by atoms with van der Waals surface area (Å²) in [5.74, 6) is 0.0516. The molecule has 160 valence electrons. The first kappa shape index (κ1) is 22.2. The van der Waals surface area contributed by atoms with E-state index in [4.69, 9.17) is 14.5 Å². The van der Waals surface area contributed by atoms with E-state index in [0.717, 1.165) is 16.7 Å². The number of fused-ring (bicyclic) bond motifs is 1. The summed E-state index contributed by atoms with van der Waals surface area (Å²) >= 11 is 1.44. The quantitative estimate of drug-likeness (QED) is 0.527. The van der Waals surface area contributed by atoms with Crippen LogP contribution in [0.25, 0.3) is 21.3 Å². The molecule has 0 N–H and O–H groups in total. The third-order valence-electron chi connectivity index (χ3n) is 5.36. The van der Waals surface area contributed by atoms with Gasteiger partial charge in [-0.2, -0.15) is 0 Å². The molecule has 7 heteroatoms. The van der Waals surface area contributed by atoms with Crippen molar-refractivity contribution in [3.8, 4) is 11.1 Å². The van der Waals surface area contributed by atoms with Crippen LogP contribution in [0.15, 0.2) is 28.4 Å². The number of carbonyl (C=O) groups excluding carboxylic acids is 1. The molecule has 0 saturated carbocycles. The van der Waals surface area contributed by atoms with Crippen LogP contribution in [0.3, 0.4) is 0 Å². The fraction of sp³-hybridized carbons (Fsp3) is 0.435. The number of esters is 1. The second-order valence-corrected chi connectivity index (χ2v) is 8.68. The van der Waals surface area contributed by atoms with Gasteiger partial charge in [0.1, 0.15) is 16.2 Å². The Labute approximate surface area is 180 Å². The maximum Gasteiger partial charge on any atom is 0.331 e. The Morgan fingerprint density at radius 1 is 1.23 bits per heavy atom.